The number of nitro benzene ring substituents is 1. The van der Waals surface area contributed by atoms with Crippen LogP contribution in [0.2, 0.25) is 5.02 Å². The van der Waals surface area contributed by atoms with Gasteiger partial charge in [-0.1, -0.05) is 23.7 Å². The average molecular weight is 292 g/mol. The van der Waals surface area contributed by atoms with Crippen LogP contribution in [0.15, 0.2) is 36.4 Å². The van der Waals surface area contributed by atoms with Gasteiger partial charge < -0.3 is 5.32 Å². The number of benzene rings is 1. The van der Waals surface area contributed by atoms with Crippen molar-refractivity contribution in [2.24, 2.45) is 0 Å². The minimum atomic E-state index is -0.423. The molecule has 104 valence electrons. The zero-order chi connectivity index (χ0) is 14.5. The fourth-order valence-corrected chi connectivity index (χ4v) is 2.14. The molecule has 2 rings (SSSR count). The predicted octanol–water partition coefficient (Wildman–Crippen LogP) is 3.24. The first kappa shape index (κ1) is 14.4. The molecule has 0 aliphatic heterocycles. The number of nitrogens with one attached hydrogen (secondary N) is 1. The summed E-state index contributed by atoms with van der Waals surface area (Å²) in [6.07, 6.45) is 0. The fourth-order valence-electron chi connectivity index (χ4n) is 1.91. The lowest BCUT2D eigenvalue weighted by atomic mass is 10.1. The van der Waals surface area contributed by atoms with E-state index < -0.39 is 4.92 Å². The number of nitrogens with zero attached hydrogens (tertiary/aromatic N) is 2. The lowest BCUT2D eigenvalue weighted by Gasteiger charge is -2.07. The van der Waals surface area contributed by atoms with E-state index in [2.05, 4.69) is 10.3 Å². The van der Waals surface area contributed by atoms with Crippen LogP contribution in [0.3, 0.4) is 0 Å². The molecular weight excluding hydrogens is 278 g/mol. The molecule has 0 fully saturated rings. The van der Waals surface area contributed by atoms with Crippen LogP contribution in [-0.2, 0) is 13.1 Å². The molecule has 0 spiro atoms. The van der Waals surface area contributed by atoms with Crippen LogP contribution in [0.25, 0.3) is 0 Å². The molecular formula is C14H14ClN3O2. The highest BCUT2D eigenvalue weighted by molar-refractivity contribution is 6.31. The molecule has 0 bridgehead atoms. The summed E-state index contributed by atoms with van der Waals surface area (Å²) in [7, 11) is 0. The lowest BCUT2D eigenvalue weighted by molar-refractivity contribution is -0.385. The largest absolute Gasteiger partial charge is 0.307 e. The molecule has 0 saturated carbocycles. The number of aromatic nitrogens is 1. The summed E-state index contributed by atoms with van der Waals surface area (Å²) in [5, 5.41) is 14.5. The second-order valence-electron chi connectivity index (χ2n) is 4.37. The van der Waals surface area contributed by atoms with Gasteiger partial charge in [0.2, 0.25) is 0 Å². The highest BCUT2D eigenvalue weighted by Crippen LogP contribution is 2.25. The van der Waals surface area contributed by atoms with E-state index in [0.717, 1.165) is 11.4 Å². The van der Waals surface area contributed by atoms with Crippen molar-refractivity contribution in [2.45, 2.75) is 20.0 Å². The van der Waals surface area contributed by atoms with Crippen molar-refractivity contribution in [2.75, 3.05) is 0 Å². The van der Waals surface area contributed by atoms with Crippen molar-refractivity contribution in [3.05, 3.63) is 68.5 Å². The Hall–Kier alpha value is -1.98. The maximum atomic E-state index is 11.0. The van der Waals surface area contributed by atoms with Crippen molar-refractivity contribution in [3.63, 3.8) is 0 Å². The van der Waals surface area contributed by atoms with Crippen molar-refractivity contribution in [1.82, 2.24) is 10.3 Å². The Labute approximate surface area is 121 Å². The van der Waals surface area contributed by atoms with Crippen LogP contribution in [0.4, 0.5) is 5.69 Å². The van der Waals surface area contributed by atoms with Gasteiger partial charge in [0.25, 0.3) is 5.69 Å². The van der Waals surface area contributed by atoms with E-state index in [0.29, 0.717) is 23.7 Å². The van der Waals surface area contributed by atoms with E-state index in [4.69, 9.17) is 11.6 Å². The summed E-state index contributed by atoms with van der Waals surface area (Å²) in [4.78, 5) is 14.9. The van der Waals surface area contributed by atoms with Crippen molar-refractivity contribution >= 4 is 17.3 Å². The number of hydrogen-bond donors (Lipinski definition) is 1. The third-order valence-electron chi connectivity index (χ3n) is 2.84. The van der Waals surface area contributed by atoms with Gasteiger partial charge in [-0.15, -0.1) is 0 Å². The summed E-state index contributed by atoms with van der Waals surface area (Å²) in [6, 6.07) is 10.4. The van der Waals surface area contributed by atoms with E-state index in [1.807, 2.05) is 25.1 Å². The molecule has 0 aliphatic carbocycles. The number of pyridine rings is 1. The Morgan fingerprint density at radius 2 is 2.00 bits per heavy atom. The molecule has 0 radical (unpaired) electrons. The molecule has 20 heavy (non-hydrogen) atoms. The molecule has 1 N–H and O–H groups in total. The van der Waals surface area contributed by atoms with Gasteiger partial charge in [-0.05, 0) is 25.1 Å². The second-order valence-corrected chi connectivity index (χ2v) is 4.78. The quantitative estimate of drug-likeness (QED) is 0.678. The fraction of sp³-hybridized carbons (Fsp3) is 0.214. The van der Waals surface area contributed by atoms with Gasteiger partial charge in [0.15, 0.2) is 0 Å². The lowest BCUT2D eigenvalue weighted by Crippen LogP contribution is -2.15. The first-order chi connectivity index (χ1) is 9.58. The topological polar surface area (TPSA) is 68.1 Å². The SMILES string of the molecule is Cc1cccc(CNCc2c(Cl)cccc2[N+](=O)[O-])n1. The molecule has 0 amide bonds. The highest BCUT2D eigenvalue weighted by atomic mass is 35.5. The summed E-state index contributed by atoms with van der Waals surface area (Å²) in [5.41, 5.74) is 2.35. The first-order valence-electron chi connectivity index (χ1n) is 6.13. The summed E-state index contributed by atoms with van der Waals surface area (Å²) >= 11 is 6.02. The predicted molar refractivity (Wildman–Crippen MR) is 77.6 cm³/mol. The molecule has 0 aliphatic rings. The molecule has 1 aromatic carbocycles. The van der Waals surface area contributed by atoms with E-state index in [-0.39, 0.29) is 5.69 Å². The van der Waals surface area contributed by atoms with Crippen molar-refractivity contribution in [1.29, 1.82) is 0 Å². The molecule has 1 aromatic heterocycles. The molecule has 0 saturated heterocycles. The number of nitro groups is 1. The van der Waals surface area contributed by atoms with E-state index in [1.54, 1.807) is 12.1 Å². The zero-order valence-electron chi connectivity index (χ0n) is 11.0. The van der Waals surface area contributed by atoms with E-state index >= 15 is 0 Å². The van der Waals surface area contributed by atoms with Crippen LogP contribution < -0.4 is 5.32 Å². The average Bonchev–Trinajstić information content (AvgIpc) is 2.40. The summed E-state index contributed by atoms with van der Waals surface area (Å²) < 4.78 is 0. The Balaban J connectivity index is 2.06. The van der Waals surface area contributed by atoms with Crippen molar-refractivity contribution < 1.29 is 4.92 Å². The van der Waals surface area contributed by atoms with E-state index in [9.17, 15) is 10.1 Å². The second kappa shape index (κ2) is 6.45. The maximum absolute atomic E-state index is 11.0. The Kier molecular flexibility index (Phi) is 4.65. The standard InChI is InChI=1S/C14H14ClN3O2/c1-10-4-2-5-11(17-10)8-16-9-12-13(15)6-3-7-14(12)18(19)20/h2-7,16H,8-9H2,1H3. The number of hydrogen-bond acceptors (Lipinski definition) is 4. The van der Waals surface area contributed by atoms with Gasteiger partial charge in [-0.3, -0.25) is 15.1 Å². The molecule has 1 heterocycles. The van der Waals surface area contributed by atoms with Gasteiger partial charge in [-0.25, -0.2) is 0 Å². The Morgan fingerprint density at radius 3 is 2.70 bits per heavy atom. The summed E-state index contributed by atoms with van der Waals surface area (Å²) in [5.74, 6) is 0. The van der Waals surface area contributed by atoms with Gasteiger partial charge in [0, 0.05) is 24.8 Å². The van der Waals surface area contributed by atoms with Gasteiger partial charge >= 0.3 is 0 Å². The van der Waals surface area contributed by atoms with Crippen LogP contribution in [-0.4, -0.2) is 9.91 Å². The minimum absolute atomic E-state index is 0.0298. The monoisotopic (exact) mass is 291 g/mol. The number of halogens is 1. The number of rotatable bonds is 5. The Morgan fingerprint density at radius 1 is 1.25 bits per heavy atom. The molecule has 5 nitrogen and oxygen atoms in total. The first-order valence-corrected chi connectivity index (χ1v) is 6.51. The molecule has 0 unspecified atom stereocenters. The van der Waals surface area contributed by atoms with Gasteiger partial charge in [-0.2, -0.15) is 0 Å². The third-order valence-corrected chi connectivity index (χ3v) is 3.20. The number of aryl methyl sites for hydroxylation is 1. The van der Waals surface area contributed by atoms with E-state index in [1.165, 1.54) is 6.07 Å². The Bertz CT molecular complexity index is 632. The van der Waals surface area contributed by atoms with Crippen LogP contribution in [0.5, 0.6) is 0 Å². The smallest absolute Gasteiger partial charge is 0.275 e. The van der Waals surface area contributed by atoms with Gasteiger partial charge in [0.05, 0.1) is 21.2 Å². The van der Waals surface area contributed by atoms with Crippen LogP contribution in [0, 0.1) is 17.0 Å². The minimum Gasteiger partial charge on any atom is -0.307 e. The van der Waals surface area contributed by atoms with Crippen molar-refractivity contribution in [3.8, 4) is 0 Å². The zero-order valence-corrected chi connectivity index (χ0v) is 11.7. The maximum Gasteiger partial charge on any atom is 0.275 e. The van der Waals surface area contributed by atoms with Crippen LogP contribution in [0.1, 0.15) is 17.0 Å². The molecule has 2 aromatic rings. The van der Waals surface area contributed by atoms with Gasteiger partial charge in [0.1, 0.15) is 0 Å². The van der Waals surface area contributed by atoms with Crippen LogP contribution >= 0.6 is 11.6 Å². The molecule has 0 atom stereocenters. The highest BCUT2D eigenvalue weighted by Gasteiger charge is 2.15. The normalized spacial score (nSPS) is 10.5. The third kappa shape index (κ3) is 3.53. The summed E-state index contributed by atoms with van der Waals surface area (Å²) in [6.45, 7) is 2.78. The molecule has 6 heteroatoms.